The van der Waals surface area contributed by atoms with Crippen LogP contribution in [0.2, 0.25) is 0 Å². The Morgan fingerprint density at radius 2 is 1.98 bits per heavy atom. The van der Waals surface area contributed by atoms with Crippen molar-refractivity contribution in [1.29, 1.82) is 0 Å². The van der Waals surface area contributed by atoms with E-state index in [9.17, 15) is 4.79 Å². The zero-order valence-electron chi connectivity index (χ0n) is 24.6. The van der Waals surface area contributed by atoms with Crippen molar-refractivity contribution in [2.24, 2.45) is 0 Å². The van der Waals surface area contributed by atoms with Gasteiger partial charge in [-0.15, -0.1) is 11.8 Å². The first-order valence-corrected chi connectivity index (χ1v) is 17.1. The van der Waals surface area contributed by atoms with Crippen LogP contribution in [0.5, 0.6) is 6.01 Å². The molecule has 0 saturated carbocycles. The lowest BCUT2D eigenvalue weighted by Crippen LogP contribution is -2.63. The van der Waals surface area contributed by atoms with Crippen LogP contribution >= 0.6 is 11.8 Å². The predicted molar refractivity (Wildman–Crippen MR) is 167 cm³/mol. The van der Waals surface area contributed by atoms with Crippen molar-refractivity contribution < 1.29 is 9.53 Å². The van der Waals surface area contributed by atoms with Crippen molar-refractivity contribution >= 4 is 29.2 Å². The number of carbonyl (C=O) groups is 1. The fraction of sp³-hybridized carbons (Fsp3) is 0.606. The molecule has 1 aromatic carbocycles. The summed E-state index contributed by atoms with van der Waals surface area (Å²) < 4.78 is 6.44. The van der Waals surface area contributed by atoms with Crippen LogP contribution in [-0.4, -0.2) is 88.4 Å². The van der Waals surface area contributed by atoms with Crippen LogP contribution in [0.15, 0.2) is 35.7 Å². The molecule has 2 aromatic rings. The van der Waals surface area contributed by atoms with Gasteiger partial charge in [-0.25, -0.2) is 0 Å². The Kier molecular flexibility index (Phi) is 6.86. The highest BCUT2D eigenvalue weighted by atomic mass is 32.2. The molecule has 6 aliphatic rings. The van der Waals surface area contributed by atoms with Gasteiger partial charge < -0.3 is 19.4 Å². The van der Waals surface area contributed by atoms with Gasteiger partial charge in [0.05, 0.1) is 36.6 Å². The molecule has 8 nitrogen and oxygen atoms in total. The van der Waals surface area contributed by atoms with Crippen molar-refractivity contribution in [3.8, 4) is 6.01 Å². The van der Waals surface area contributed by atoms with Crippen molar-refractivity contribution in [3.05, 3.63) is 47.7 Å². The lowest BCUT2D eigenvalue weighted by atomic mass is 9.91. The van der Waals surface area contributed by atoms with Crippen molar-refractivity contribution in [3.63, 3.8) is 0 Å². The number of hydrogen-bond donors (Lipinski definition) is 0. The van der Waals surface area contributed by atoms with Crippen molar-refractivity contribution in [2.75, 3.05) is 54.9 Å². The van der Waals surface area contributed by atoms with Gasteiger partial charge in [0.25, 0.3) is 0 Å². The quantitative estimate of drug-likeness (QED) is 0.441. The Bertz CT molecular complexity index is 1390. The molecule has 0 radical (unpaired) electrons. The van der Waals surface area contributed by atoms with Gasteiger partial charge >= 0.3 is 6.01 Å². The summed E-state index contributed by atoms with van der Waals surface area (Å²) in [6, 6.07) is 7.89. The predicted octanol–water partition coefficient (Wildman–Crippen LogP) is 4.45. The smallest absolute Gasteiger partial charge is 0.318 e. The number of nitrogens with zero attached hydrogens (tertiary/aromatic N) is 6. The SMILES string of the molecule is C=CC(=O)N1CC[C@@H]2[C@H]1CN2c1nc(OCCC23CCCN2CCC3)nc2c1CCN(c1cccc3c1SCCC3)C2. The first-order valence-electron chi connectivity index (χ1n) is 16.1. The average Bonchev–Trinajstić information content (AvgIpc) is 3.68. The number of hydrogen-bond acceptors (Lipinski definition) is 8. The summed E-state index contributed by atoms with van der Waals surface area (Å²) in [5.74, 6) is 2.28. The van der Waals surface area contributed by atoms with Gasteiger partial charge in [0.2, 0.25) is 5.91 Å². The van der Waals surface area contributed by atoms with E-state index in [0.717, 1.165) is 57.0 Å². The van der Waals surface area contributed by atoms with Crippen LogP contribution in [0.1, 0.15) is 61.8 Å². The van der Waals surface area contributed by atoms with E-state index < -0.39 is 0 Å². The van der Waals surface area contributed by atoms with Crippen molar-refractivity contribution in [1.82, 2.24) is 19.8 Å². The number of aromatic nitrogens is 2. The Morgan fingerprint density at radius 1 is 1.10 bits per heavy atom. The highest BCUT2D eigenvalue weighted by Crippen LogP contribution is 2.44. The molecule has 1 aromatic heterocycles. The standard InChI is InChI=1S/C33H42N6O2S/c1-2-29(40)38-18-11-26-28(38)22-39(26)31-24-10-17-36(27-9-3-7-23-8-4-20-42-30(23)27)21-25(24)34-32(35-31)41-19-14-33-12-5-15-37(33)16-6-13-33/h2-3,7,9,26,28H,1,4-6,8,10-22H2/t26-,28-/m1/s1. The zero-order valence-corrected chi connectivity index (χ0v) is 25.4. The van der Waals surface area contributed by atoms with Crippen LogP contribution in [0, 0.1) is 0 Å². The van der Waals surface area contributed by atoms with Crippen LogP contribution < -0.4 is 14.5 Å². The number of thioether (sulfide) groups is 1. The molecule has 0 bridgehead atoms. The molecular formula is C33H42N6O2S. The first-order chi connectivity index (χ1) is 20.6. The average molecular weight is 587 g/mol. The minimum atomic E-state index is 0.0443. The second-order valence-electron chi connectivity index (χ2n) is 13.0. The number of fused-ring (bicyclic) bond motifs is 4. The van der Waals surface area contributed by atoms with Crippen molar-refractivity contribution in [2.45, 2.75) is 86.9 Å². The lowest BCUT2D eigenvalue weighted by Gasteiger charge is -2.48. The third kappa shape index (κ3) is 4.41. The first kappa shape index (κ1) is 26.8. The van der Waals surface area contributed by atoms with E-state index >= 15 is 0 Å². The number of benzene rings is 1. The van der Waals surface area contributed by atoms with E-state index in [2.05, 4.69) is 39.5 Å². The molecule has 0 spiro atoms. The third-order valence-electron chi connectivity index (χ3n) is 10.9. The van der Waals surface area contributed by atoms with Gasteiger partial charge in [0, 0.05) is 35.6 Å². The summed E-state index contributed by atoms with van der Waals surface area (Å²) in [6.07, 6.45) is 12.0. The van der Waals surface area contributed by atoms with Gasteiger partial charge in [-0.05, 0) is 94.3 Å². The molecular weight excluding hydrogens is 544 g/mol. The fourth-order valence-corrected chi connectivity index (χ4v) is 9.93. The van der Waals surface area contributed by atoms with E-state index in [1.165, 1.54) is 85.2 Å². The van der Waals surface area contributed by atoms with E-state index in [0.29, 0.717) is 24.2 Å². The normalized spacial score (nSPS) is 25.9. The van der Waals surface area contributed by atoms with Gasteiger partial charge in [0.1, 0.15) is 5.82 Å². The molecule has 4 fully saturated rings. The zero-order chi connectivity index (χ0) is 28.3. The van der Waals surface area contributed by atoms with E-state index in [1.807, 2.05) is 16.7 Å². The number of ether oxygens (including phenoxy) is 1. The lowest BCUT2D eigenvalue weighted by molar-refractivity contribution is -0.127. The van der Waals surface area contributed by atoms with Crippen LogP contribution in [0.3, 0.4) is 0 Å². The Morgan fingerprint density at radius 3 is 2.83 bits per heavy atom. The highest BCUT2D eigenvalue weighted by Gasteiger charge is 2.50. The Labute approximate surface area is 253 Å². The van der Waals surface area contributed by atoms with E-state index in [4.69, 9.17) is 14.7 Å². The molecule has 9 heteroatoms. The second-order valence-corrected chi connectivity index (χ2v) is 14.1. The number of carbonyl (C=O) groups excluding carboxylic acids is 1. The third-order valence-corrected chi connectivity index (χ3v) is 12.2. The number of amides is 1. The van der Waals surface area contributed by atoms with E-state index in [1.54, 1.807) is 0 Å². The van der Waals surface area contributed by atoms with Gasteiger partial charge in [-0.3, -0.25) is 9.69 Å². The summed E-state index contributed by atoms with van der Waals surface area (Å²) in [5.41, 5.74) is 5.53. The summed E-state index contributed by atoms with van der Waals surface area (Å²) in [4.78, 5) is 33.7. The Hall–Kier alpha value is -2.78. The monoisotopic (exact) mass is 586 g/mol. The molecule has 0 N–H and O–H groups in total. The number of rotatable bonds is 7. The number of anilines is 2. The Balaban J connectivity index is 1.07. The maximum Gasteiger partial charge on any atom is 0.318 e. The molecule has 42 heavy (non-hydrogen) atoms. The maximum absolute atomic E-state index is 12.4. The van der Waals surface area contributed by atoms with Gasteiger partial charge in [0.15, 0.2) is 0 Å². The maximum atomic E-state index is 12.4. The molecule has 222 valence electrons. The molecule has 1 amide bonds. The summed E-state index contributed by atoms with van der Waals surface area (Å²) in [6.45, 7) is 10.2. The molecule has 7 heterocycles. The fourth-order valence-electron chi connectivity index (χ4n) is 8.74. The van der Waals surface area contributed by atoms with Gasteiger partial charge in [-0.2, -0.15) is 9.97 Å². The second kappa shape index (κ2) is 10.7. The largest absolute Gasteiger partial charge is 0.463 e. The van der Waals surface area contributed by atoms with Gasteiger partial charge in [-0.1, -0.05) is 18.7 Å². The molecule has 0 unspecified atom stereocenters. The van der Waals surface area contributed by atoms with Crippen LogP contribution in [0.25, 0.3) is 0 Å². The molecule has 2 atom stereocenters. The molecule has 0 aliphatic carbocycles. The minimum absolute atomic E-state index is 0.0443. The summed E-state index contributed by atoms with van der Waals surface area (Å²) in [7, 11) is 0. The minimum Gasteiger partial charge on any atom is -0.463 e. The molecule has 8 rings (SSSR count). The van der Waals surface area contributed by atoms with Crippen LogP contribution in [-0.2, 0) is 24.2 Å². The number of likely N-dealkylation sites (tertiary alicyclic amines) is 1. The van der Waals surface area contributed by atoms with Crippen LogP contribution in [0.4, 0.5) is 11.5 Å². The van der Waals surface area contributed by atoms with E-state index in [-0.39, 0.29) is 11.9 Å². The topological polar surface area (TPSA) is 65.0 Å². The summed E-state index contributed by atoms with van der Waals surface area (Å²) >= 11 is 2.01. The summed E-state index contributed by atoms with van der Waals surface area (Å²) in [5, 5.41) is 0. The molecule has 6 aliphatic heterocycles. The highest BCUT2D eigenvalue weighted by molar-refractivity contribution is 7.99. The molecule has 4 saturated heterocycles. The number of aryl methyl sites for hydroxylation is 1.